The van der Waals surface area contributed by atoms with Crippen molar-refractivity contribution in [1.82, 2.24) is 9.62 Å². The van der Waals surface area contributed by atoms with Crippen molar-refractivity contribution in [2.45, 2.75) is 39.2 Å². The van der Waals surface area contributed by atoms with E-state index in [0.717, 1.165) is 0 Å². The molecule has 0 amide bonds. The zero-order valence-electron chi connectivity index (χ0n) is 13.0. The van der Waals surface area contributed by atoms with E-state index in [0.29, 0.717) is 37.7 Å². The largest absolute Gasteiger partial charge is 0.462 e. The molecular weight excluding hydrogens is 308 g/mol. The fourth-order valence-electron chi connectivity index (χ4n) is 2.50. The number of nitrogens with zero attached hydrogens (tertiary/aromatic N) is 1. The summed E-state index contributed by atoms with van der Waals surface area (Å²) in [6.07, 6.45) is -0.155. The van der Waals surface area contributed by atoms with E-state index < -0.39 is 10.0 Å². The van der Waals surface area contributed by atoms with E-state index in [1.165, 1.54) is 4.31 Å². The van der Waals surface area contributed by atoms with Gasteiger partial charge in [0.05, 0.1) is 24.5 Å². The second-order valence-electron chi connectivity index (χ2n) is 5.59. The molecular formula is C14H24N2O5S. The van der Waals surface area contributed by atoms with Crippen molar-refractivity contribution in [3.05, 3.63) is 23.7 Å². The molecule has 0 saturated carbocycles. The molecule has 0 aliphatic carbocycles. The summed E-state index contributed by atoms with van der Waals surface area (Å²) >= 11 is 0. The Morgan fingerprint density at radius 1 is 1.27 bits per heavy atom. The van der Waals surface area contributed by atoms with Crippen molar-refractivity contribution in [2.75, 3.05) is 25.4 Å². The number of aliphatic hydroxyl groups is 1. The molecule has 1 saturated heterocycles. The Kier molecular flexibility index (Phi) is 5.99. The molecule has 2 N–H and O–H groups in total. The van der Waals surface area contributed by atoms with Gasteiger partial charge in [-0.05, 0) is 26.0 Å². The molecule has 0 spiro atoms. The van der Waals surface area contributed by atoms with E-state index in [2.05, 4.69) is 5.32 Å². The summed E-state index contributed by atoms with van der Waals surface area (Å²) in [4.78, 5) is 0. The molecule has 2 unspecified atom stereocenters. The Bertz CT molecular complexity index is 562. The van der Waals surface area contributed by atoms with Gasteiger partial charge in [-0.2, -0.15) is 4.31 Å². The van der Waals surface area contributed by atoms with Gasteiger partial charge in [-0.15, -0.1) is 0 Å². The maximum atomic E-state index is 12.3. The molecule has 0 aromatic carbocycles. The molecule has 7 nitrogen and oxygen atoms in total. The molecule has 22 heavy (non-hydrogen) atoms. The fraction of sp³-hybridized carbons (Fsp3) is 0.714. The van der Waals surface area contributed by atoms with Gasteiger partial charge in [-0.1, -0.05) is 0 Å². The molecule has 8 heteroatoms. The third-order valence-corrected chi connectivity index (χ3v) is 5.29. The lowest BCUT2D eigenvalue weighted by atomic mass is 10.3. The molecule has 2 rings (SSSR count). The van der Waals surface area contributed by atoms with E-state index >= 15 is 0 Å². The Hall–Kier alpha value is -0.930. The van der Waals surface area contributed by atoms with Crippen LogP contribution in [-0.4, -0.2) is 55.4 Å². The molecule has 0 radical (unpaired) electrons. The zero-order valence-corrected chi connectivity index (χ0v) is 13.8. The lowest BCUT2D eigenvalue weighted by Crippen LogP contribution is -2.49. The van der Waals surface area contributed by atoms with E-state index in [9.17, 15) is 8.42 Å². The Morgan fingerprint density at radius 2 is 1.91 bits per heavy atom. The number of aliphatic hydroxyl groups excluding tert-OH is 1. The van der Waals surface area contributed by atoms with Gasteiger partial charge in [-0.25, -0.2) is 8.42 Å². The minimum atomic E-state index is -3.28. The van der Waals surface area contributed by atoms with Crippen LogP contribution in [0.5, 0.6) is 0 Å². The first kappa shape index (κ1) is 17.4. The van der Waals surface area contributed by atoms with Crippen molar-refractivity contribution in [1.29, 1.82) is 0 Å². The normalized spacial score (nSPS) is 23.8. The van der Waals surface area contributed by atoms with Gasteiger partial charge in [0.25, 0.3) is 0 Å². The predicted octanol–water partition coefficient (Wildman–Crippen LogP) is 0.301. The summed E-state index contributed by atoms with van der Waals surface area (Å²) in [7, 11) is -3.28. The van der Waals surface area contributed by atoms with E-state index in [-0.39, 0.29) is 24.6 Å². The smallest absolute Gasteiger partial charge is 0.215 e. The fourth-order valence-corrected chi connectivity index (χ4v) is 4.04. The van der Waals surface area contributed by atoms with Crippen LogP contribution in [0.2, 0.25) is 0 Å². The molecule has 1 aromatic rings. The predicted molar refractivity (Wildman–Crippen MR) is 81.7 cm³/mol. The zero-order chi connectivity index (χ0) is 16.2. The Balaban J connectivity index is 1.77. The highest BCUT2D eigenvalue weighted by Gasteiger charge is 2.30. The summed E-state index contributed by atoms with van der Waals surface area (Å²) in [5, 5.41) is 12.0. The lowest BCUT2D eigenvalue weighted by Gasteiger charge is -2.34. The molecule has 1 aromatic heterocycles. The number of sulfonamides is 1. The minimum Gasteiger partial charge on any atom is -0.462 e. The third kappa shape index (κ3) is 4.79. The summed E-state index contributed by atoms with van der Waals surface area (Å²) in [6, 6.07) is 3.46. The Labute approximate surface area is 131 Å². The molecule has 0 bridgehead atoms. The van der Waals surface area contributed by atoms with Crippen LogP contribution in [0.1, 0.15) is 25.4 Å². The van der Waals surface area contributed by atoms with Gasteiger partial charge in [0.15, 0.2) is 0 Å². The third-order valence-electron chi connectivity index (χ3n) is 3.49. The number of hydrogen-bond acceptors (Lipinski definition) is 6. The topological polar surface area (TPSA) is 92.0 Å². The first-order valence-corrected chi connectivity index (χ1v) is 9.04. The highest BCUT2D eigenvalue weighted by atomic mass is 32.2. The maximum absolute atomic E-state index is 12.3. The first-order chi connectivity index (χ1) is 10.4. The second kappa shape index (κ2) is 7.56. The summed E-state index contributed by atoms with van der Waals surface area (Å²) in [5.74, 6) is 1.22. The van der Waals surface area contributed by atoms with E-state index in [4.69, 9.17) is 14.3 Å². The quantitative estimate of drug-likeness (QED) is 0.698. The minimum absolute atomic E-state index is 0.0417. The van der Waals surface area contributed by atoms with Gasteiger partial charge in [0.2, 0.25) is 10.0 Å². The van der Waals surface area contributed by atoms with Crippen molar-refractivity contribution >= 4 is 10.0 Å². The number of hydrogen-bond donors (Lipinski definition) is 2. The molecule has 2 atom stereocenters. The first-order valence-electron chi connectivity index (χ1n) is 7.43. The van der Waals surface area contributed by atoms with Crippen LogP contribution in [-0.2, 0) is 27.9 Å². The maximum Gasteiger partial charge on any atom is 0.215 e. The van der Waals surface area contributed by atoms with Crippen LogP contribution in [0.15, 0.2) is 16.5 Å². The number of ether oxygens (including phenoxy) is 1. The lowest BCUT2D eigenvalue weighted by molar-refractivity contribution is -0.0440. The number of morpholine rings is 1. The average Bonchev–Trinajstić information content (AvgIpc) is 2.90. The molecule has 2 heterocycles. The Morgan fingerprint density at radius 3 is 2.50 bits per heavy atom. The summed E-state index contributed by atoms with van der Waals surface area (Å²) in [6.45, 7) is 5.22. The van der Waals surface area contributed by atoms with Gasteiger partial charge in [-0.3, -0.25) is 0 Å². The highest BCUT2D eigenvalue weighted by Crippen LogP contribution is 2.14. The number of nitrogens with one attached hydrogen (secondary N) is 1. The number of furan rings is 1. The SMILES string of the molecule is CC1CN(S(=O)(=O)CCNCc2ccc(CO)o2)CC(C)O1. The molecule has 1 aliphatic rings. The molecule has 1 aliphatic heterocycles. The molecule has 1 fully saturated rings. The van der Waals surface area contributed by atoms with Crippen molar-refractivity contribution in [3.63, 3.8) is 0 Å². The second-order valence-corrected chi connectivity index (χ2v) is 7.68. The molecule has 126 valence electrons. The van der Waals surface area contributed by atoms with Crippen molar-refractivity contribution < 1.29 is 22.7 Å². The van der Waals surface area contributed by atoms with Crippen LogP contribution in [0.25, 0.3) is 0 Å². The number of rotatable bonds is 7. The van der Waals surface area contributed by atoms with Gasteiger partial charge >= 0.3 is 0 Å². The van der Waals surface area contributed by atoms with Crippen LogP contribution in [0, 0.1) is 0 Å². The van der Waals surface area contributed by atoms with Gasteiger partial charge in [0.1, 0.15) is 18.1 Å². The van der Waals surface area contributed by atoms with Crippen LogP contribution < -0.4 is 5.32 Å². The average molecular weight is 332 g/mol. The standard InChI is InChI=1S/C14H24N2O5S/c1-11-8-16(9-12(2)20-11)22(18,19)6-5-15-7-13-3-4-14(10-17)21-13/h3-4,11-12,15,17H,5-10H2,1-2H3. The van der Waals surface area contributed by atoms with Gasteiger partial charge < -0.3 is 19.6 Å². The van der Waals surface area contributed by atoms with Crippen molar-refractivity contribution in [3.8, 4) is 0 Å². The van der Waals surface area contributed by atoms with Gasteiger partial charge in [0, 0.05) is 19.6 Å². The highest BCUT2D eigenvalue weighted by molar-refractivity contribution is 7.89. The van der Waals surface area contributed by atoms with E-state index in [1.807, 2.05) is 13.8 Å². The van der Waals surface area contributed by atoms with Crippen molar-refractivity contribution in [2.24, 2.45) is 0 Å². The summed E-state index contributed by atoms with van der Waals surface area (Å²) in [5.41, 5.74) is 0. The van der Waals surface area contributed by atoms with Crippen LogP contribution >= 0.6 is 0 Å². The monoisotopic (exact) mass is 332 g/mol. The summed E-state index contributed by atoms with van der Waals surface area (Å²) < 4.78 is 37.0. The van der Waals surface area contributed by atoms with E-state index in [1.54, 1.807) is 12.1 Å². The van der Waals surface area contributed by atoms with Crippen LogP contribution in [0.3, 0.4) is 0 Å². The van der Waals surface area contributed by atoms with Crippen LogP contribution in [0.4, 0.5) is 0 Å².